The zero-order valence-corrected chi connectivity index (χ0v) is 10.2. The molecule has 2 rings (SSSR count). The van der Waals surface area contributed by atoms with E-state index in [1.165, 1.54) is 17.4 Å². The fourth-order valence-corrected chi connectivity index (χ4v) is 2.71. The van der Waals surface area contributed by atoms with Crippen LogP contribution in [0.25, 0.3) is 0 Å². The molecule has 1 heterocycles. The second-order valence-corrected chi connectivity index (χ2v) is 5.36. The Kier molecular flexibility index (Phi) is 3.76. The van der Waals surface area contributed by atoms with Gasteiger partial charge >= 0.3 is 0 Å². The van der Waals surface area contributed by atoms with Gasteiger partial charge in [0.1, 0.15) is 11.6 Å². The van der Waals surface area contributed by atoms with Gasteiger partial charge in [0, 0.05) is 11.3 Å². The molecule has 1 aromatic heterocycles. The molecule has 0 amide bonds. The maximum atomic E-state index is 13.4. The predicted molar refractivity (Wildman–Crippen MR) is 64.4 cm³/mol. The Bertz CT molecular complexity index is 507. The summed E-state index contributed by atoms with van der Waals surface area (Å²) in [6.07, 6.45) is -1.05. The van der Waals surface area contributed by atoms with Crippen LogP contribution in [0.3, 0.4) is 0 Å². The van der Waals surface area contributed by atoms with Crippen molar-refractivity contribution in [1.29, 1.82) is 0 Å². The van der Waals surface area contributed by atoms with E-state index in [0.29, 0.717) is 4.34 Å². The van der Waals surface area contributed by atoms with Gasteiger partial charge in [-0.25, -0.2) is 8.78 Å². The number of halogens is 3. The second-order valence-electron chi connectivity index (χ2n) is 3.56. The summed E-state index contributed by atoms with van der Waals surface area (Å²) in [7, 11) is 0. The molecule has 5 heteroatoms. The van der Waals surface area contributed by atoms with Crippen LogP contribution in [0.1, 0.15) is 16.5 Å². The van der Waals surface area contributed by atoms with Crippen molar-refractivity contribution in [2.24, 2.45) is 0 Å². The van der Waals surface area contributed by atoms with Gasteiger partial charge in [-0.2, -0.15) is 0 Å². The summed E-state index contributed by atoms with van der Waals surface area (Å²) in [5.74, 6) is -1.47. The SMILES string of the molecule is OC(Cc1ccc(Cl)s1)c1c(F)cccc1F. The van der Waals surface area contributed by atoms with Crippen molar-refractivity contribution < 1.29 is 13.9 Å². The van der Waals surface area contributed by atoms with E-state index in [-0.39, 0.29) is 12.0 Å². The summed E-state index contributed by atoms with van der Waals surface area (Å²) in [5.41, 5.74) is -0.294. The molecular formula is C12H9ClF2OS. The number of aliphatic hydroxyl groups is 1. The fourth-order valence-electron chi connectivity index (χ4n) is 1.58. The van der Waals surface area contributed by atoms with Crippen LogP contribution in [0.15, 0.2) is 30.3 Å². The van der Waals surface area contributed by atoms with E-state index in [4.69, 9.17) is 11.6 Å². The molecule has 0 radical (unpaired) electrons. The summed E-state index contributed by atoms with van der Waals surface area (Å²) in [6.45, 7) is 0. The number of hydrogen-bond donors (Lipinski definition) is 1. The molecule has 2 aromatic rings. The average molecular weight is 275 g/mol. The summed E-state index contributed by atoms with van der Waals surface area (Å²) < 4.78 is 27.4. The summed E-state index contributed by atoms with van der Waals surface area (Å²) in [4.78, 5) is 0.783. The zero-order valence-electron chi connectivity index (χ0n) is 8.66. The molecule has 1 nitrogen and oxygen atoms in total. The van der Waals surface area contributed by atoms with Gasteiger partial charge in [-0.1, -0.05) is 17.7 Å². The Labute approximate surface area is 106 Å². The first kappa shape index (κ1) is 12.5. The van der Waals surface area contributed by atoms with Crippen molar-refractivity contribution in [2.45, 2.75) is 12.5 Å². The van der Waals surface area contributed by atoms with Crippen LogP contribution in [-0.2, 0) is 6.42 Å². The van der Waals surface area contributed by atoms with Crippen molar-refractivity contribution >= 4 is 22.9 Å². The van der Waals surface area contributed by atoms with E-state index < -0.39 is 17.7 Å². The van der Waals surface area contributed by atoms with Crippen molar-refractivity contribution in [3.63, 3.8) is 0 Å². The van der Waals surface area contributed by atoms with Gasteiger partial charge in [0.2, 0.25) is 0 Å². The minimum atomic E-state index is -1.20. The number of rotatable bonds is 3. The molecule has 1 N–H and O–H groups in total. The molecule has 0 saturated carbocycles. The fraction of sp³-hybridized carbons (Fsp3) is 0.167. The quantitative estimate of drug-likeness (QED) is 0.898. The Morgan fingerprint density at radius 2 is 1.82 bits per heavy atom. The van der Waals surface area contributed by atoms with Crippen LogP contribution >= 0.6 is 22.9 Å². The lowest BCUT2D eigenvalue weighted by atomic mass is 10.0. The second kappa shape index (κ2) is 5.12. The lowest BCUT2D eigenvalue weighted by Gasteiger charge is -2.11. The summed E-state index contributed by atoms with van der Waals surface area (Å²) in [6, 6.07) is 6.94. The van der Waals surface area contributed by atoms with Crippen LogP contribution in [-0.4, -0.2) is 5.11 Å². The maximum absolute atomic E-state index is 13.4. The smallest absolute Gasteiger partial charge is 0.131 e. The van der Waals surface area contributed by atoms with E-state index in [2.05, 4.69) is 0 Å². The largest absolute Gasteiger partial charge is 0.388 e. The first-order chi connectivity index (χ1) is 8.08. The van der Waals surface area contributed by atoms with Crippen molar-refractivity contribution in [2.75, 3.05) is 0 Å². The molecule has 0 aliphatic rings. The lowest BCUT2D eigenvalue weighted by Crippen LogP contribution is -2.06. The highest BCUT2D eigenvalue weighted by molar-refractivity contribution is 7.16. The van der Waals surface area contributed by atoms with Crippen molar-refractivity contribution in [1.82, 2.24) is 0 Å². The van der Waals surface area contributed by atoms with Gasteiger partial charge in [0.05, 0.1) is 16.0 Å². The van der Waals surface area contributed by atoms with Crippen molar-refractivity contribution in [3.05, 3.63) is 56.7 Å². The molecule has 0 saturated heterocycles. The minimum Gasteiger partial charge on any atom is -0.388 e. The molecule has 0 fully saturated rings. The van der Waals surface area contributed by atoms with E-state index >= 15 is 0 Å². The number of thiophene rings is 1. The molecule has 1 atom stereocenters. The Morgan fingerprint density at radius 3 is 2.35 bits per heavy atom. The van der Waals surface area contributed by atoms with E-state index in [1.807, 2.05) is 0 Å². The topological polar surface area (TPSA) is 20.2 Å². The van der Waals surface area contributed by atoms with Crippen LogP contribution < -0.4 is 0 Å². The number of hydrogen-bond acceptors (Lipinski definition) is 2. The highest BCUT2D eigenvalue weighted by Gasteiger charge is 2.18. The normalized spacial score (nSPS) is 12.7. The summed E-state index contributed by atoms with van der Waals surface area (Å²) in [5, 5.41) is 9.83. The molecule has 1 aromatic carbocycles. The van der Waals surface area contributed by atoms with Gasteiger partial charge in [-0.15, -0.1) is 11.3 Å². The molecule has 1 unspecified atom stereocenters. The highest BCUT2D eigenvalue weighted by atomic mass is 35.5. The number of benzene rings is 1. The average Bonchev–Trinajstić information content (AvgIpc) is 2.63. The van der Waals surface area contributed by atoms with E-state index in [9.17, 15) is 13.9 Å². The van der Waals surface area contributed by atoms with Gasteiger partial charge in [-0.3, -0.25) is 0 Å². The van der Waals surface area contributed by atoms with Crippen LogP contribution in [0.2, 0.25) is 4.34 Å². The summed E-state index contributed by atoms with van der Waals surface area (Å²) >= 11 is 7.02. The third kappa shape index (κ3) is 2.83. The van der Waals surface area contributed by atoms with Crippen LogP contribution in [0.5, 0.6) is 0 Å². The van der Waals surface area contributed by atoms with E-state index in [0.717, 1.165) is 17.0 Å². The maximum Gasteiger partial charge on any atom is 0.131 e. The van der Waals surface area contributed by atoms with E-state index in [1.54, 1.807) is 12.1 Å². The molecule has 0 aliphatic carbocycles. The molecular weight excluding hydrogens is 266 g/mol. The molecule has 90 valence electrons. The monoisotopic (exact) mass is 274 g/mol. The first-order valence-electron chi connectivity index (χ1n) is 4.94. The third-order valence-corrected chi connectivity index (χ3v) is 3.61. The Balaban J connectivity index is 2.22. The van der Waals surface area contributed by atoms with Gasteiger partial charge in [-0.05, 0) is 24.3 Å². The molecule has 0 aliphatic heterocycles. The zero-order chi connectivity index (χ0) is 12.4. The first-order valence-corrected chi connectivity index (χ1v) is 6.13. The minimum absolute atomic E-state index is 0.148. The molecule has 0 bridgehead atoms. The molecule has 17 heavy (non-hydrogen) atoms. The van der Waals surface area contributed by atoms with Crippen LogP contribution in [0.4, 0.5) is 8.78 Å². The van der Waals surface area contributed by atoms with Gasteiger partial charge in [0.15, 0.2) is 0 Å². The number of aliphatic hydroxyl groups excluding tert-OH is 1. The standard InChI is InChI=1S/C12H9ClF2OS/c13-11-5-4-7(17-11)6-10(16)12-8(14)2-1-3-9(12)15/h1-5,10,16H,6H2. The lowest BCUT2D eigenvalue weighted by molar-refractivity contribution is 0.169. The highest BCUT2D eigenvalue weighted by Crippen LogP contribution is 2.28. The van der Waals surface area contributed by atoms with Crippen molar-refractivity contribution in [3.8, 4) is 0 Å². The van der Waals surface area contributed by atoms with Gasteiger partial charge in [0.25, 0.3) is 0 Å². The predicted octanol–water partition coefficient (Wildman–Crippen LogP) is 3.96. The van der Waals surface area contributed by atoms with Crippen LogP contribution in [0, 0.1) is 11.6 Å². The van der Waals surface area contributed by atoms with Gasteiger partial charge < -0.3 is 5.11 Å². The Morgan fingerprint density at radius 1 is 1.18 bits per heavy atom. The third-order valence-electron chi connectivity index (χ3n) is 2.36. The molecule has 0 spiro atoms. The Hall–Kier alpha value is -0.970.